The van der Waals surface area contributed by atoms with Crippen LogP contribution in [-0.4, -0.2) is 34.9 Å². The highest BCUT2D eigenvalue weighted by Crippen LogP contribution is 2.25. The lowest BCUT2D eigenvalue weighted by Crippen LogP contribution is -2.41. The number of nitrogens with zero attached hydrogens (tertiary/aromatic N) is 2. The Balaban J connectivity index is 0.00000200. The number of nitrogens with two attached hydrogens (primary N) is 1. The summed E-state index contributed by atoms with van der Waals surface area (Å²) >= 11 is 1.56. The average molecular weight is 319 g/mol. The highest BCUT2D eigenvalue weighted by atomic mass is 35.5. The van der Waals surface area contributed by atoms with Crippen LogP contribution >= 0.6 is 23.7 Å². The van der Waals surface area contributed by atoms with Gasteiger partial charge in [-0.3, -0.25) is 9.69 Å². The second kappa shape index (κ2) is 7.81. The Hall–Kier alpha value is -0.850. The minimum atomic E-state index is 0. The molecule has 1 aromatic heterocycles. The Morgan fingerprint density at radius 3 is 2.65 bits per heavy atom. The van der Waals surface area contributed by atoms with Gasteiger partial charge in [0.25, 0.3) is 0 Å². The van der Waals surface area contributed by atoms with E-state index in [2.05, 4.69) is 22.2 Å². The van der Waals surface area contributed by atoms with Gasteiger partial charge in [-0.25, -0.2) is 4.98 Å². The summed E-state index contributed by atoms with van der Waals surface area (Å²) in [6.45, 7) is 2.50. The molecule has 114 valence electrons. The number of hydrogen-bond acceptors (Lipinski definition) is 5. The fourth-order valence-corrected chi connectivity index (χ4v) is 3.47. The number of anilines is 1. The van der Waals surface area contributed by atoms with Gasteiger partial charge in [-0.05, 0) is 32.7 Å². The van der Waals surface area contributed by atoms with E-state index >= 15 is 0 Å². The zero-order valence-corrected chi connectivity index (χ0v) is 13.6. The molecular formula is C13H23ClN4OS. The molecule has 1 aliphatic rings. The molecule has 20 heavy (non-hydrogen) atoms. The standard InChI is InChI=1S/C13H22N4OS.ClH/c1-9(18)16-10-3-5-11(6-4-10)17(2)8-12-7-15-13(14)19-12;/h7,10-11H,3-6,8H2,1-2H3,(H2,14,15)(H,16,18);1H. The Bertz CT molecular complexity index is 432. The van der Waals surface area contributed by atoms with E-state index in [0.717, 1.165) is 32.2 Å². The summed E-state index contributed by atoms with van der Waals surface area (Å²) < 4.78 is 0. The fourth-order valence-electron chi connectivity index (χ4n) is 2.72. The van der Waals surface area contributed by atoms with Gasteiger partial charge in [0.15, 0.2) is 5.13 Å². The molecule has 0 aliphatic heterocycles. The maximum atomic E-state index is 11.0. The van der Waals surface area contributed by atoms with Crippen molar-refractivity contribution in [3.05, 3.63) is 11.1 Å². The molecule has 1 aromatic rings. The van der Waals surface area contributed by atoms with Gasteiger partial charge in [-0.2, -0.15) is 0 Å². The van der Waals surface area contributed by atoms with Crippen LogP contribution in [0.4, 0.5) is 5.13 Å². The Labute approximate surface area is 130 Å². The molecule has 5 nitrogen and oxygen atoms in total. The number of rotatable bonds is 4. The molecule has 7 heteroatoms. The van der Waals surface area contributed by atoms with E-state index < -0.39 is 0 Å². The van der Waals surface area contributed by atoms with Gasteiger partial charge in [0.1, 0.15) is 0 Å². The number of aromatic nitrogens is 1. The van der Waals surface area contributed by atoms with Crippen LogP contribution in [0.1, 0.15) is 37.5 Å². The van der Waals surface area contributed by atoms with Crippen molar-refractivity contribution in [1.82, 2.24) is 15.2 Å². The van der Waals surface area contributed by atoms with E-state index in [1.807, 2.05) is 6.20 Å². The number of nitrogen functional groups attached to an aromatic ring is 1. The first-order valence-corrected chi connectivity index (χ1v) is 7.53. The van der Waals surface area contributed by atoms with Crippen LogP contribution < -0.4 is 11.1 Å². The number of carbonyl (C=O) groups excluding carboxylic acids is 1. The minimum absolute atomic E-state index is 0. The van der Waals surface area contributed by atoms with E-state index in [9.17, 15) is 4.79 Å². The molecule has 1 aliphatic carbocycles. The van der Waals surface area contributed by atoms with E-state index in [0.29, 0.717) is 17.2 Å². The van der Waals surface area contributed by atoms with Crippen molar-refractivity contribution in [3.63, 3.8) is 0 Å². The minimum Gasteiger partial charge on any atom is -0.375 e. The van der Waals surface area contributed by atoms with Crippen LogP contribution in [0.5, 0.6) is 0 Å². The lowest BCUT2D eigenvalue weighted by atomic mass is 9.90. The van der Waals surface area contributed by atoms with Crippen molar-refractivity contribution >= 4 is 34.8 Å². The van der Waals surface area contributed by atoms with Gasteiger partial charge in [-0.1, -0.05) is 0 Å². The van der Waals surface area contributed by atoms with Gasteiger partial charge >= 0.3 is 0 Å². The maximum Gasteiger partial charge on any atom is 0.217 e. The zero-order chi connectivity index (χ0) is 13.8. The summed E-state index contributed by atoms with van der Waals surface area (Å²) in [5.41, 5.74) is 5.65. The molecule has 1 saturated carbocycles. The van der Waals surface area contributed by atoms with Gasteiger partial charge in [0.05, 0.1) is 0 Å². The lowest BCUT2D eigenvalue weighted by molar-refractivity contribution is -0.119. The maximum absolute atomic E-state index is 11.0. The SMILES string of the molecule is CC(=O)NC1CCC(N(C)Cc2cnc(N)s2)CC1.Cl. The predicted octanol–water partition coefficient (Wildman–Crippen LogP) is 2.03. The second-order valence-corrected chi connectivity index (χ2v) is 6.43. The molecule has 0 radical (unpaired) electrons. The summed E-state index contributed by atoms with van der Waals surface area (Å²) in [5, 5.41) is 3.65. The normalized spacial score (nSPS) is 22.4. The molecule has 1 heterocycles. The molecule has 1 amide bonds. The molecule has 2 rings (SSSR count). The average Bonchev–Trinajstić information content (AvgIpc) is 2.75. The van der Waals surface area contributed by atoms with Crippen LogP contribution in [0.2, 0.25) is 0 Å². The summed E-state index contributed by atoms with van der Waals surface area (Å²) in [5.74, 6) is 0.0805. The molecule has 3 N–H and O–H groups in total. The quantitative estimate of drug-likeness (QED) is 0.891. The largest absolute Gasteiger partial charge is 0.375 e. The Kier molecular flexibility index (Phi) is 6.71. The molecule has 1 fully saturated rings. The van der Waals surface area contributed by atoms with Gasteiger partial charge in [0, 0.05) is 36.6 Å². The summed E-state index contributed by atoms with van der Waals surface area (Å²) in [6.07, 6.45) is 6.27. The van der Waals surface area contributed by atoms with E-state index in [1.165, 1.54) is 4.88 Å². The van der Waals surface area contributed by atoms with Crippen LogP contribution in [0.3, 0.4) is 0 Å². The van der Waals surface area contributed by atoms with Gasteiger partial charge in [0.2, 0.25) is 5.91 Å². The van der Waals surface area contributed by atoms with E-state index in [-0.39, 0.29) is 18.3 Å². The third-order valence-electron chi connectivity index (χ3n) is 3.70. The molecule has 0 spiro atoms. The van der Waals surface area contributed by atoms with Crippen molar-refractivity contribution in [1.29, 1.82) is 0 Å². The molecule has 0 unspecified atom stereocenters. The Morgan fingerprint density at radius 2 is 2.15 bits per heavy atom. The second-order valence-electron chi connectivity index (χ2n) is 5.29. The molecule has 0 bridgehead atoms. The first-order valence-electron chi connectivity index (χ1n) is 6.72. The lowest BCUT2D eigenvalue weighted by Gasteiger charge is -2.34. The smallest absolute Gasteiger partial charge is 0.217 e. The third kappa shape index (κ3) is 4.92. The van der Waals surface area contributed by atoms with Crippen LogP contribution in [0, 0.1) is 0 Å². The summed E-state index contributed by atoms with van der Waals surface area (Å²) in [6, 6.07) is 0.953. The first kappa shape index (κ1) is 17.2. The van der Waals surface area contributed by atoms with Crippen LogP contribution in [0.15, 0.2) is 6.20 Å². The molecule has 0 aromatic carbocycles. The van der Waals surface area contributed by atoms with Crippen molar-refractivity contribution < 1.29 is 4.79 Å². The summed E-state index contributed by atoms with van der Waals surface area (Å²) in [4.78, 5) is 18.7. The highest BCUT2D eigenvalue weighted by Gasteiger charge is 2.24. The number of hydrogen-bond donors (Lipinski definition) is 2. The van der Waals surface area contributed by atoms with Crippen molar-refractivity contribution in [2.45, 2.75) is 51.2 Å². The van der Waals surface area contributed by atoms with Gasteiger partial charge in [-0.15, -0.1) is 23.7 Å². The topological polar surface area (TPSA) is 71.2 Å². The van der Waals surface area contributed by atoms with Gasteiger partial charge < -0.3 is 11.1 Å². The monoisotopic (exact) mass is 318 g/mol. The summed E-state index contributed by atoms with van der Waals surface area (Å²) in [7, 11) is 2.15. The zero-order valence-electron chi connectivity index (χ0n) is 12.0. The van der Waals surface area contributed by atoms with Crippen molar-refractivity contribution in [2.24, 2.45) is 0 Å². The van der Waals surface area contributed by atoms with Crippen LogP contribution in [0.25, 0.3) is 0 Å². The Morgan fingerprint density at radius 1 is 1.50 bits per heavy atom. The highest BCUT2D eigenvalue weighted by molar-refractivity contribution is 7.15. The predicted molar refractivity (Wildman–Crippen MR) is 85.1 cm³/mol. The fraction of sp³-hybridized carbons (Fsp3) is 0.692. The number of halogens is 1. The molecule has 0 atom stereocenters. The molecular weight excluding hydrogens is 296 g/mol. The number of amides is 1. The van der Waals surface area contributed by atoms with E-state index in [1.54, 1.807) is 18.3 Å². The number of nitrogens with one attached hydrogen (secondary N) is 1. The van der Waals surface area contributed by atoms with Crippen LogP contribution in [-0.2, 0) is 11.3 Å². The number of carbonyl (C=O) groups is 1. The molecule has 0 saturated heterocycles. The number of thiazole rings is 1. The van der Waals surface area contributed by atoms with Crippen molar-refractivity contribution in [2.75, 3.05) is 12.8 Å². The van der Waals surface area contributed by atoms with Crippen molar-refractivity contribution in [3.8, 4) is 0 Å². The van der Waals surface area contributed by atoms with E-state index in [4.69, 9.17) is 5.73 Å². The first-order chi connectivity index (χ1) is 9.04. The third-order valence-corrected chi connectivity index (χ3v) is 4.52.